The van der Waals surface area contributed by atoms with E-state index >= 15 is 0 Å². The van der Waals surface area contributed by atoms with Gasteiger partial charge >= 0.3 is 0 Å². The van der Waals surface area contributed by atoms with Gasteiger partial charge in [0.1, 0.15) is 0 Å². The number of halogens is 1. The first-order valence-electron chi connectivity index (χ1n) is 3.06. The van der Waals surface area contributed by atoms with Crippen LogP contribution in [0, 0.1) is 6.57 Å². The zero-order valence-corrected chi connectivity index (χ0v) is 7.43. The highest BCUT2D eigenvalue weighted by molar-refractivity contribution is 9.10. The molecule has 0 spiro atoms. The average Bonchev–Trinajstić information content (AvgIpc) is 2.05. The van der Waals surface area contributed by atoms with Gasteiger partial charge in [-0.2, -0.15) is 0 Å². The first-order chi connectivity index (χ1) is 5.24. The minimum absolute atomic E-state index is 0.484. The van der Waals surface area contributed by atoms with Gasteiger partial charge < -0.3 is 0 Å². The molecule has 0 saturated carbocycles. The Hall–Kier alpha value is -1.07. The molecule has 0 heterocycles. The second-order valence-corrected chi connectivity index (χ2v) is 2.98. The van der Waals surface area contributed by atoms with Crippen molar-refractivity contribution in [2.75, 3.05) is 0 Å². The molecule has 0 atom stereocenters. The molecule has 0 aliphatic carbocycles. The van der Waals surface area contributed by atoms with Crippen molar-refractivity contribution in [1.29, 1.82) is 0 Å². The average molecular weight is 208 g/mol. The van der Waals surface area contributed by atoms with Crippen LogP contribution in [0.4, 0.5) is 0 Å². The van der Waals surface area contributed by atoms with E-state index in [2.05, 4.69) is 27.4 Å². The molecule has 0 amide bonds. The molecule has 0 aliphatic heterocycles. The zero-order valence-electron chi connectivity index (χ0n) is 5.84. The van der Waals surface area contributed by atoms with Crippen LogP contribution in [0.25, 0.3) is 10.5 Å². The molecule has 11 heavy (non-hydrogen) atoms. The highest BCUT2D eigenvalue weighted by Crippen LogP contribution is 2.16. The van der Waals surface area contributed by atoms with Crippen molar-refractivity contribution in [3.63, 3.8) is 0 Å². The fourth-order valence-corrected chi connectivity index (χ4v) is 0.971. The van der Waals surface area contributed by atoms with Crippen molar-refractivity contribution in [3.8, 4) is 0 Å². The Bertz CT molecular complexity index is 305. The zero-order chi connectivity index (χ0) is 8.27. The molecule has 0 radical (unpaired) electrons. The summed E-state index contributed by atoms with van der Waals surface area (Å²) in [5.41, 5.74) is 1.36. The molecule has 0 bridgehead atoms. The van der Waals surface area contributed by atoms with Crippen LogP contribution in [0.15, 0.2) is 35.3 Å². The van der Waals surface area contributed by atoms with Crippen molar-refractivity contribution in [1.82, 2.24) is 0 Å². The van der Waals surface area contributed by atoms with Gasteiger partial charge in [-0.25, -0.2) is 4.85 Å². The minimum atomic E-state index is 0.484. The number of hydrogen-bond acceptors (Lipinski definition) is 0. The van der Waals surface area contributed by atoms with Crippen molar-refractivity contribution in [2.45, 2.75) is 0 Å². The first kappa shape index (κ1) is 8.03. The molecule has 0 aromatic heterocycles. The van der Waals surface area contributed by atoms with Gasteiger partial charge in [-0.3, -0.25) is 0 Å². The molecular weight excluding hydrogens is 202 g/mol. The molecule has 54 valence electrons. The summed E-state index contributed by atoms with van der Waals surface area (Å²) in [6.45, 7) is 10.3. The number of hydrogen-bond donors (Lipinski definition) is 0. The SMILES string of the molecule is [C-]#[N+]C(=C)c1ccc(Br)cc1. The van der Waals surface area contributed by atoms with E-state index in [9.17, 15) is 0 Å². The summed E-state index contributed by atoms with van der Waals surface area (Å²) in [6.07, 6.45) is 0. The fraction of sp³-hybridized carbons (Fsp3) is 0. The van der Waals surface area contributed by atoms with E-state index in [0.29, 0.717) is 5.70 Å². The summed E-state index contributed by atoms with van der Waals surface area (Å²) < 4.78 is 1.01. The molecule has 0 N–H and O–H groups in total. The normalized spacial score (nSPS) is 8.73. The molecule has 0 fully saturated rings. The monoisotopic (exact) mass is 207 g/mol. The van der Waals surface area contributed by atoms with Gasteiger partial charge in [-0.1, -0.05) is 34.6 Å². The molecule has 1 rings (SSSR count). The van der Waals surface area contributed by atoms with Gasteiger partial charge in [0.2, 0.25) is 0 Å². The van der Waals surface area contributed by atoms with E-state index in [1.807, 2.05) is 24.3 Å². The molecule has 0 unspecified atom stereocenters. The quantitative estimate of drug-likeness (QED) is 0.623. The second-order valence-electron chi connectivity index (χ2n) is 2.07. The first-order valence-corrected chi connectivity index (χ1v) is 3.85. The van der Waals surface area contributed by atoms with Crippen molar-refractivity contribution < 1.29 is 0 Å². The molecule has 1 aromatic carbocycles. The second kappa shape index (κ2) is 3.36. The van der Waals surface area contributed by atoms with Crippen molar-refractivity contribution in [3.05, 3.63) is 52.3 Å². The minimum Gasteiger partial charge on any atom is -0.238 e. The topological polar surface area (TPSA) is 4.36 Å². The number of nitrogens with zero attached hydrogens (tertiary/aromatic N) is 1. The van der Waals surface area contributed by atoms with Crippen LogP contribution in [0.2, 0.25) is 0 Å². The molecule has 2 heteroatoms. The summed E-state index contributed by atoms with van der Waals surface area (Å²) in [4.78, 5) is 3.23. The lowest BCUT2D eigenvalue weighted by Gasteiger charge is -1.95. The number of benzene rings is 1. The third kappa shape index (κ3) is 1.92. The maximum atomic E-state index is 6.71. The third-order valence-corrected chi connectivity index (χ3v) is 1.84. The van der Waals surface area contributed by atoms with E-state index in [4.69, 9.17) is 6.57 Å². The van der Waals surface area contributed by atoms with Gasteiger partial charge in [0.05, 0.1) is 6.57 Å². The maximum Gasteiger partial charge on any atom is 0.187 e. The lowest BCUT2D eigenvalue weighted by Crippen LogP contribution is -1.74. The maximum absolute atomic E-state index is 6.71. The van der Waals surface area contributed by atoms with Gasteiger partial charge in [0.25, 0.3) is 0 Å². The van der Waals surface area contributed by atoms with E-state index < -0.39 is 0 Å². The number of rotatable bonds is 1. The van der Waals surface area contributed by atoms with Gasteiger partial charge in [0, 0.05) is 4.47 Å². The van der Waals surface area contributed by atoms with Crippen LogP contribution in [0.5, 0.6) is 0 Å². The summed E-state index contributed by atoms with van der Waals surface area (Å²) in [5.74, 6) is 0. The van der Waals surface area contributed by atoms with Crippen LogP contribution >= 0.6 is 15.9 Å². The predicted octanol–water partition coefficient (Wildman–Crippen LogP) is 3.34. The van der Waals surface area contributed by atoms with Crippen LogP contribution in [0.1, 0.15) is 5.56 Å². The van der Waals surface area contributed by atoms with E-state index in [1.165, 1.54) is 0 Å². The molecule has 0 saturated heterocycles. The Labute approximate surface area is 74.3 Å². The van der Waals surface area contributed by atoms with E-state index in [1.54, 1.807) is 0 Å². The summed E-state index contributed by atoms with van der Waals surface area (Å²) >= 11 is 3.31. The lowest BCUT2D eigenvalue weighted by atomic mass is 10.2. The van der Waals surface area contributed by atoms with Crippen molar-refractivity contribution >= 4 is 21.6 Å². The van der Waals surface area contributed by atoms with Crippen LogP contribution < -0.4 is 0 Å². The predicted molar refractivity (Wildman–Crippen MR) is 49.8 cm³/mol. The fourth-order valence-electron chi connectivity index (χ4n) is 0.707. The Morgan fingerprint density at radius 3 is 2.36 bits per heavy atom. The molecule has 1 aromatic rings. The Kier molecular flexibility index (Phi) is 2.45. The van der Waals surface area contributed by atoms with Gasteiger partial charge in [0.15, 0.2) is 5.70 Å². The van der Waals surface area contributed by atoms with E-state index in [-0.39, 0.29) is 0 Å². The Morgan fingerprint density at radius 1 is 1.36 bits per heavy atom. The van der Waals surface area contributed by atoms with Gasteiger partial charge in [-0.15, -0.1) is 0 Å². The van der Waals surface area contributed by atoms with Crippen LogP contribution in [-0.2, 0) is 0 Å². The van der Waals surface area contributed by atoms with Crippen molar-refractivity contribution in [2.24, 2.45) is 0 Å². The Morgan fingerprint density at radius 2 is 1.91 bits per heavy atom. The third-order valence-electron chi connectivity index (χ3n) is 1.31. The largest absolute Gasteiger partial charge is 0.238 e. The lowest BCUT2D eigenvalue weighted by molar-refractivity contribution is 1.59. The smallest absolute Gasteiger partial charge is 0.187 e. The highest BCUT2D eigenvalue weighted by atomic mass is 79.9. The Balaban J connectivity index is 3.01. The molecular formula is C9H6BrN. The molecule has 0 aliphatic rings. The summed E-state index contributed by atoms with van der Waals surface area (Å²) in [7, 11) is 0. The standard InChI is InChI=1S/C9H6BrN/c1-7(11-2)8-3-5-9(10)6-4-8/h3-6H,1H2. The highest BCUT2D eigenvalue weighted by Gasteiger charge is 1.95. The van der Waals surface area contributed by atoms with E-state index in [0.717, 1.165) is 10.0 Å². The van der Waals surface area contributed by atoms with Crippen LogP contribution in [-0.4, -0.2) is 0 Å². The van der Waals surface area contributed by atoms with Crippen LogP contribution in [0.3, 0.4) is 0 Å². The molecule has 1 nitrogen and oxygen atoms in total. The van der Waals surface area contributed by atoms with Gasteiger partial charge in [-0.05, 0) is 17.7 Å². The summed E-state index contributed by atoms with van der Waals surface area (Å²) in [6, 6.07) is 7.52. The summed E-state index contributed by atoms with van der Waals surface area (Å²) in [5, 5.41) is 0.